The molecule has 3 nitrogen and oxygen atoms in total. The molecule has 0 unspecified atom stereocenters. The number of nitrogens with one attached hydrogen (secondary N) is 1. The van der Waals surface area contributed by atoms with E-state index in [0.717, 1.165) is 4.90 Å². The minimum atomic E-state index is -0.161. The topological polar surface area (TPSA) is 45.8 Å². The van der Waals surface area contributed by atoms with Gasteiger partial charge in [0, 0.05) is 9.92 Å². The van der Waals surface area contributed by atoms with Crippen molar-refractivity contribution in [2.45, 2.75) is 10.6 Å². The Morgan fingerprint density at radius 3 is 2.76 bits per heavy atom. The Kier molecular flexibility index (Phi) is 4.19. The standard InChI is InChI=1S/C15H10Cl2N2OS/c16-9-5-6-10-12(7-9)18-14(19-15(10)20)8-21-13-4-2-1-3-11(13)17/h1-7H,8H2,(H,18,19,20). The first kappa shape index (κ1) is 14.4. The van der Waals surface area contributed by atoms with Crippen molar-refractivity contribution in [3.8, 4) is 0 Å². The normalized spacial score (nSPS) is 11.0. The Morgan fingerprint density at radius 1 is 1.14 bits per heavy atom. The SMILES string of the molecule is O=c1[nH]c(CSc2ccccc2Cl)nc2cc(Cl)ccc12. The van der Waals surface area contributed by atoms with E-state index in [1.54, 1.807) is 18.2 Å². The fraction of sp³-hybridized carbons (Fsp3) is 0.0667. The van der Waals surface area contributed by atoms with Gasteiger partial charge in [-0.05, 0) is 30.3 Å². The smallest absolute Gasteiger partial charge is 0.258 e. The van der Waals surface area contributed by atoms with Crippen molar-refractivity contribution in [2.24, 2.45) is 0 Å². The number of aromatic nitrogens is 2. The third-order valence-electron chi connectivity index (χ3n) is 2.92. The molecule has 106 valence electrons. The molecule has 0 saturated carbocycles. The number of halogens is 2. The summed E-state index contributed by atoms with van der Waals surface area (Å²) in [5, 5.41) is 1.78. The molecule has 2 aromatic carbocycles. The first-order valence-corrected chi connectivity index (χ1v) is 7.93. The minimum Gasteiger partial charge on any atom is -0.309 e. The number of rotatable bonds is 3. The van der Waals surface area contributed by atoms with Crippen LogP contribution in [-0.4, -0.2) is 9.97 Å². The zero-order valence-corrected chi connectivity index (χ0v) is 13.1. The zero-order chi connectivity index (χ0) is 14.8. The van der Waals surface area contributed by atoms with Crippen LogP contribution in [0.2, 0.25) is 10.0 Å². The van der Waals surface area contributed by atoms with E-state index in [9.17, 15) is 4.79 Å². The molecule has 0 radical (unpaired) electrons. The molecule has 3 rings (SSSR count). The van der Waals surface area contributed by atoms with E-state index in [4.69, 9.17) is 23.2 Å². The number of benzene rings is 2. The molecule has 0 bridgehead atoms. The monoisotopic (exact) mass is 336 g/mol. The Morgan fingerprint density at radius 2 is 1.95 bits per heavy atom. The summed E-state index contributed by atoms with van der Waals surface area (Å²) in [7, 11) is 0. The van der Waals surface area contributed by atoms with Crippen LogP contribution >= 0.6 is 35.0 Å². The summed E-state index contributed by atoms with van der Waals surface area (Å²) in [5.74, 6) is 1.13. The van der Waals surface area contributed by atoms with Crippen LogP contribution in [0.4, 0.5) is 0 Å². The highest BCUT2D eigenvalue weighted by molar-refractivity contribution is 7.98. The van der Waals surface area contributed by atoms with Crippen LogP contribution in [0, 0.1) is 0 Å². The van der Waals surface area contributed by atoms with Gasteiger partial charge < -0.3 is 4.98 Å². The maximum absolute atomic E-state index is 12.0. The van der Waals surface area contributed by atoms with Crippen LogP contribution in [-0.2, 0) is 5.75 Å². The zero-order valence-electron chi connectivity index (χ0n) is 10.8. The van der Waals surface area contributed by atoms with E-state index in [1.165, 1.54) is 11.8 Å². The van der Waals surface area contributed by atoms with Gasteiger partial charge in [-0.3, -0.25) is 4.79 Å². The summed E-state index contributed by atoms with van der Waals surface area (Å²) in [6.45, 7) is 0. The van der Waals surface area contributed by atoms with Gasteiger partial charge in [-0.1, -0.05) is 35.3 Å². The second-order valence-corrected chi connectivity index (χ2v) is 6.25. The van der Waals surface area contributed by atoms with E-state index in [-0.39, 0.29) is 5.56 Å². The average molecular weight is 337 g/mol. The van der Waals surface area contributed by atoms with Crippen molar-refractivity contribution in [3.63, 3.8) is 0 Å². The molecule has 0 aliphatic carbocycles. The van der Waals surface area contributed by atoms with Crippen molar-refractivity contribution < 1.29 is 0 Å². The molecule has 21 heavy (non-hydrogen) atoms. The van der Waals surface area contributed by atoms with Crippen LogP contribution in [0.15, 0.2) is 52.2 Å². The molecular formula is C15H10Cl2N2OS. The van der Waals surface area contributed by atoms with Gasteiger partial charge in [-0.15, -0.1) is 11.8 Å². The first-order chi connectivity index (χ1) is 10.1. The molecule has 0 aliphatic rings. The van der Waals surface area contributed by atoms with Gasteiger partial charge in [-0.2, -0.15) is 0 Å². The number of hydrogen-bond acceptors (Lipinski definition) is 3. The Balaban J connectivity index is 1.91. The molecular weight excluding hydrogens is 327 g/mol. The van der Waals surface area contributed by atoms with Crippen molar-refractivity contribution in [2.75, 3.05) is 0 Å². The Hall–Kier alpha value is -1.49. The van der Waals surface area contributed by atoms with Gasteiger partial charge in [0.25, 0.3) is 5.56 Å². The van der Waals surface area contributed by atoms with Gasteiger partial charge in [0.2, 0.25) is 0 Å². The molecule has 0 fully saturated rings. The number of hydrogen-bond donors (Lipinski definition) is 1. The first-order valence-electron chi connectivity index (χ1n) is 6.19. The predicted molar refractivity (Wildman–Crippen MR) is 88.4 cm³/mol. The summed E-state index contributed by atoms with van der Waals surface area (Å²) in [5.41, 5.74) is 0.437. The quantitative estimate of drug-likeness (QED) is 0.715. The summed E-state index contributed by atoms with van der Waals surface area (Å²) in [6.07, 6.45) is 0. The maximum atomic E-state index is 12.0. The van der Waals surface area contributed by atoms with Gasteiger partial charge in [-0.25, -0.2) is 4.98 Å². The molecule has 0 aliphatic heterocycles. The Labute approximate surface area is 135 Å². The number of fused-ring (bicyclic) bond motifs is 1. The number of aromatic amines is 1. The molecule has 0 spiro atoms. The van der Waals surface area contributed by atoms with Crippen molar-refractivity contribution in [3.05, 3.63) is 68.7 Å². The lowest BCUT2D eigenvalue weighted by Gasteiger charge is -2.05. The van der Waals surface area contributed by atoms with Crippen molar-refractivity contribution in [1.29, 1.82) is 0 Å². The lowest BCUT2D eigenvalue weighted by Crippen LogP contribution is -2.11. The second-order valence-electron chi connectivity index (χ2n) is 4.39. The Bertz CT molecular complexity index is 864. The summed E-state index contributed by atoms with van der Waals surface area (Å²) >= 11 is 13.6. The molecule has 0 amide bonds. The van der Waals surface area contributed by atoms with Crippen molar-refractivity contribution in [1.82, 2.24) is 9.97 Å². The average Bonchev–Trinajstić information content (AvgIpc) is 2.46. The lowest BCUT2D eigenvalue weighted by molar-refractivity contribution is 1.04. The van der Waals surface area contributed by atoms with E-state index < -0.39 is 0 Å². The largest absolute Gasteiger partial charge is 0.309 e. The molecule has 0 atom stereocenters. The fourth-order valence-electron chi connectivity index (χ4n) is 1.94. The summed E-state index contributed by atoms with van der Waals surface area (Å²) in [6, 6.07) is 12.6. The highest BCUT2D eigenvalue weighted by Gasteiger charge is 2.06. The van der Waals surface area contributed by atoms with Crippen LogP contribution in [0.25, 0.3) is 10.9 Å². The molecule has 1 N–H and O–H groups in total. The summed E-state index contributed by atoms with van der Waals surface area (Å²) < 4.78 is 0. The number of H-pyrrole nitrogens is 1. The third kappa shape index (κ3) is 3.23. The van der Waals surface area contributed by atoms with E-state index in [0.29, 0.717) is 32.5 Å². The lowest BCUT2D eigenvalue weighted by atomic mass is 10.2. The predicted octanol–water partition coefficient (Wildman–Crippen LogP) is 4.52. The number of nitrogens with zero attached hydrogens (tertiary/aromatic N) is 1. The van der Waals surface area contributed by atoms with E-state index in [1.807, 2.05) is 24.3 Å². The highest BCUT2D eigenvalue weighted by Crippen LogP contribution is 2.28. The molecule has 0 saturated heterocycles. The second kappa shape index (κ2) is 6.10. The van der Waals surface area contributed by atoms with E-state index in [2.05, 4.69) is 9.97 Å². The summed E-state index contributed by atoms with van der Waals surface area (Å²) in [4.78, 5) is 20.2. The fourth-order valence-corrected chi connectivity index (χ4v) is 3.21. The van der Waals surface area contributed by atoms with Crippen molar-refractivity contribution >= 4 is 45.9 Å². The van der Waals surface area contributed by atoms with Gasteiger partial charge in [0.15, 0.2) is 0 Å². The van der Waals surface area contributed by atoms with Crippen LogP contribution < -0.4 is 5.56 Å². The van der Waals surface area contributed by atoms with Crippen LogP contribution in [0.1, 0.15) is 5.82 Å². The number of thioether (sulfide) groups is 1. The van der Waals surface area contributed by atoms with Crippen LogP contribution in [0.3, 0.4) is 0 Å². The maximum Gasteiger partial charge on any atom is 0.258 e. The van der Waals surface area contributed by atoms with Gasteiger partial charge in [0.05, 0.1) is 21.7 Å². The highest BCUT2D eigenvalue weighted by atomic mass is 35.5. The molecule has 3 aromatic rings. The molecule has 1 aromatic heterocycles. The van der Waals surface area contributed by atoms with Gasteiger partial charge in [0.1, 0.15) is 5.82 Å². The van der Waals surface area contributed by atoms with E-state index >= 15 is 0 Å². The third-order valence-corrected chi connectivity index (χ3v) is 4.68. The van der Waals surface area contributed by atoms with Gasteiger partial charge >= 0.3 is 0 Å². The van der Waals surface area contributed by atoms with Crippen LogP contribution in [0.5, 0.6) is 0 Å². The molecule has 6 heteroatoms. The minimum absolute atomic E-state index is 0.161. The molecule has 1 heterocycles.